The third kappa shape index (κ3) is 9.84. The second-order valence-electron chi connectivity index (χ2n) is 3.91. The standard InChI is InChI=1S/C11H25NO/c1-3-4-5-6-7-8-12-9-11(2)10-13/h11-13H,3-10H2,1-2H3. The van der Waals surface area contributed by atoms with Gasteiger partial charge in [0.2, 0.25) is 0 Å². The number of rotatable bonds is 9. The van der Waals surface area contributed by atoms with E-state index in [4.69, 9.17) is 5.11 Å². The molecule has 2 heteroatoms. The first-order chi connectivity index (χ1) is 6.31. The summed E-state index contributed by atoms with van der Waals surface area (Å²) in [6.07, 6.45) is 6.67. The Bertz CT molecular complexity index is 96.1. The molecule has 2 nitrogen and oxygen atoms in total. The molecule has 0 aromatic rings. The van der Waals surface area contributed by atoms with E-state index in [0.29, 0.717) is 12.5 Å². The van der Waals surface area contributed by atoms with Crippen molar-refractivity contribution in [2.75, 3.05) is 19.7 Å². The molecule has 0 fully saturated rings. The van der Waals surface area contributed by atoms with Gasteiger partial charge in [0, 0.05) is 6.61 Å². The van der Waals surface area contributed by atoms with Crippen molar-refractivity contribution in [3.63, 3.8) is 0 Å². The van der Waals surface area contributed by atoms with E-state index in [1.54, 1.807) is 0 Å². The fourth-order valence-corrected chi connectivity index (χ4v) is 1.27. The molecule has 0 saturated heterocycles. The van der Waals surface area contributed by atoms with E-state index < -0.39 is 0 Å². The van der Waals surface area contributed by atoms with Gasteiger partial charge in [0.05, 0.1) is 0 Å². The van der Waals surface area contributed by atoms with E-state index in [-0.39, 0.29) is 0 Å². The molecule has 2 N–H and O–H groups in total. The van der Waals surface area contributed by atoms with Gasteiger partial charge in [-0.2, -0.15) is 0 Å². The predicted octanol–water partition coefficient (Wildman–Crippen LogP) is 2.17. The first-order valence-corrected chi connectivity index (χ1v) is 5.62. The van der Waals surface area contributed by atoms with Crippen LogP contribution in [0.3, 0.4) is 0 Å². The Hall–Kier alpha value is -0.0800. The van der Waals surface area contributed by atoms with Crippen molar-refractivity contribution < 1.29 is 5.11 Å². The van der Waals surface area contributed by atoms with Crippen LogP contribution in [-0.4, -0.2) is 24.8 Å². The van der Waals surface area contributed by atoms with Crippen LogP contribution < -0.4 is 5.32 Å². The lowest BCUT2D eigenvalue weighted by Gasteiger charge is -2.08. The molecule has 80 valence electrons. The number of hydrogen-bond donors (Lipinski definition) is 2. The van der Waals surface area contributed by atoms with Crippen molar-refractivity contribution in [1.82, 2.24) is 5.32 Å². The lowest BCUT2D eigenvalue weighted by atomic mass is 10.1. The minimum absolute atomic E-state index is 0.294. The maximum absolute atomic E-state index is 8.77. The van der Waals surface area contributed by atoms with Gasteiger partial charge in [-0.25, -0.2) is 0 Å². The normalized spacial score (nSPS) is 13.2. The summed E-state index contributed by atoms with van der Waals surface area (Å²) < 4.78 is 0. The van der Waals surface area contributed by atoms with Crippen LogP contribution in [-0.2, 0) is 0 Å². The number of hydrogen-bond acceptors (Lipinski definition) is 2. The average Bonchev–Trinajstić information content (AvgIpc) is 2.16. The number of aliphatic hydroxyl groups excluding tert-OH is 1. The first kappa shape index (κ1) is 12.9. The minimum Gasteiger partial charge on any atom is -0.396 e. The van der Waals surface area contributed by atoms with E-state index in [2.05, 4.69) is 19.2 Å². The van der Waals surface area contributed by atoms with Crippen LogP contribution in [0, 0.1) is 5.92 Å². The molecule has 13 heavy (non-hydrogen) atoms. The third-order valence-corrected chi connectivity index (χ3v) is 2.26. The molecule has 0 bridgehead atoms. The Morgan fingerprint density at radius 2 is 1.85 bits per heavy atom. The molecule has 0 radical (unpaired) electrons. The van der Waals surface area contributed by atoms with Gasteiger partial charge in [-0.1, -0.05) is 39.5 Å². The maximum atomic E-state index is 8.77. The highest BCUT2D eigenvalue weighted by molar-refractivity contribution is 4.55. The van der Waals surface area contributed by atoms with E-state index >= 15 is 0 Å². The zero-order chi connectivity index (χ0) is 9.94. The van der Waals surface area contributed by atoms with Crippen molar-refractivity contribution in [3.8, 4) is 0 Å². The zero-order valence-electron chi connectivity index (χ0n) is 9.18. The summed E-state index contributed by atoms with van der Waals surface area (Å²) in [5, 5.41) is 12.1. The van der Waals surface area contributed by atoms with E-state index in [0.717, 1.165) is 13.1 Å². The Kier molecular flexibility index (Phi) is 9.94. The largest absolute Gasteiger partial charge is 0.396 e. The van der Waals surface area contributed by atoms with Crippen LogP contribution in [0.2, 0.25) is 0 Å². The molecule has 0 aromatic heterocycles. The maximum Gasteiger partial charge on any atom is 0.0468 e. The van der Waals surface area contributed by atoms with Crippen LogP contribution in [0.5, 0.6) is 0 Å². The van der Waals surface area contributed by atoms with E-state index in [1.165, 1.54) is 32.1 Å². The van der Waals surface area contributed by atoms with Gasteiger partial charge < -0.3 is 10.4 Å². The summed E-state index contributed by atoms with van der Waals surface area (Å²) in [6.45, 7) is 6.65. The van der Waals surface area contributed by atoms with Gasteiger partial charge >= 0.3 is 0 Å². The summed E-state index contributed by atoms with van der Waals surface area (Å²) in [7, 11) is 0. The lowest BCUT2D eigenvalue weighted by molar-refractivity contribution is 0.234. The van der Waals surface area contributed by atoms with E-state index in [9.17, 15) is 0 Å². The van der Waals surface area contributed by atoms with Crippen LogP contribution in [0.15, 0.2) is 0 Å². The molecule has 0 saturated carbocycles. The average molecular weight is 187 g/mol. The lowest BCUT2D eigenvalue weighted by Crippen LogP contribution is -2.24. The molecule has 0 rings (SSSR count). The van der Waals surface area contributed by atoms with Gasteiger partial charge in [-0.15, -0.1) is 0 Å². The summed E-state index contributed by atoms with van der Waals surface area (Å²) >= 11 is 0. The second kappa shape index (κ2) is 10.0. The molecule has 1 atom stereocenters. The van der Waals surface area contributed by atoms with Crippen LogP contribution >= 0.6 is 0 Å². The number of unbranched alkanes of at least 4 members (excludes halogenated alkanes) is 4. The first-order valence-electron chi connectivity index (χ1n) is 5.62. The van der Waals surface area contributed by atoms with Gasteiger partial charge in [0.25, 0.3) is 0 Å². The topological polar surface area (TPSA) is 32.3 Å². The quantitative estimate of drug-likeness (QED) is 0.542. The van der Waals surface area contributed by atoms with Gasteiger partial charge in [0.1, 0.15) is 0 Å². The molecule has 1 unspecified atom stereocenters. The second-order valence-corrected chi connectivity index (χ2v) is 3.91. The third-order valence-electron chi connectivity index (χ3n) is 2.26. The molecule has 0 aliphatic carbocycles. The Morgan fingerprint density at radius 3 is 2.46 bits per heavy atom. The number of aliphatic hydroxyl groups is 1. The molecular formula is C11H25NO. The fraction of sp³-hybridized carbons (Fsp3) is 1.00. The highest BCUT2D eigenvalue weighted by Crippen LogP contribution is 2.01. The van der Waals surface area contributed by atoms with Crippen molar-refractivity contribution in [2.45, 2.75) is 46.0 Å². The van der Waals surface area contributed by atoms with Gasteiger partial charge in [-0.05, 0) is 25.4 Å². The van der Waals surface area contributed by atoms with Crippen LogP contribution in [0.25, 0.3) is 0 Å². The van der Waals surface area contributed by atoms with Crippen molar-refractivity contribution in [3.05, 3.63) is 0 Å². The summed E-state index contributed by atoms with van der Waals surface area (Å²) in [6, 6.07) is 0. The minimum atomic E-state index is 0.294. The molecule has 0 aromatic carbocycles. The van der Waals surface area contributed by atoms with Gasteiger partial charge in [0.15, 0.2) is 0 Å². The SMILES string of the molecule is CCCCCCCNCC(C)CO. The monoisotopic (exact) mass is 187 g/mol. The molecule has 0 aliphatic rings. The Labute approximate surface area is 82.7 Å². The Morgan fingerprint density at radius 1 is 1.15 bits per heavy atom. The summed E-state index contributed by atoms with van der Waals surface area (Å²) in [5.41, 5.74) is 0. The molecule has 0 aliphatic heterocycles. The molecule has 0 spiro atoms. The highest BCUT2D eigenvalue weighted by atomic mass is 16.3. The summed E-state index contributed by atoms with van der Waals surface area (Å²) in [5.74, 6) is 0.399. The predicted molar refractivity (Wildman–Crippen MR) is 57.9 cm³/mol. The molecule has 0 heterocycles. The fourth-order valence-electron chi connectivity index (χ4n) is 1.27. The smallest absolute Gasteiger partial charge is 0.0468 e. The zero-order valence-corrected chi connectivity index (χ0v) is 9.18. The van der Waals surface area contributed by atoms with Crippen molar-refractivity contribution in [2.24, 2.45) is 5.92 Å². The number of nitrogens with one attached hydrogen (secondary N) is 1. The van der Waals surface area contributed by atoms with E-state index in [1.807, 2.05) is 0 Å². The molecular weight excluding hydrogens is 162 g/mol. The van der Waals surface area contributed by atoms with Crippen LogP contribution in [0.1, 0.15) is 46.0 Å². The van der Waals surface area contributed by atoms with Crippen molar-refractivity contribution >= 4 is 0 Å². The van der Waals surface area contributed by atoms with Crippen molar-refractivity contribution in [1.29, 1.82) is 0 Å². The molecule has 0 amide bonds. The van der Waals surface area contributed by atoms with Gasteiger partial charge in [-0.3, -0.25) is 0 Å². The highest BCUT2D eigenvalue weighted by Gasteiger charge is 1.97. The Balaban J connectivity index is 2.91. The summed E-state index contributed by atoms with van der Waals surface area (Å²) in [4.78, 5) is 0. The van der Waals surface area contributed by atoms with Crippen LogP contribution in [0.4, 0.5) is 0 Å².